The van der Waals surface area contributed by atoms with E-state index in [2.05, 4.69) is 67.8 Å². The van der Waals surface area contributed by atoms with Crippen molar-refractivity contribution in [3.8, 4) is 0 Å². The number of hydrogen-bond acceptors (Lipinski definition) is 17. The summed E-state index contributed by atoms with van der Waals surface area (Å²) in [6.45, 7) is 6.64. The highest BCUT2D eigenvalue weighted by atomic mass is 16.2. The highest BCUT2D eigenvalue weighted by molar-refractivity contribution is 6.00. The molecule has 0 radical (unpaired) electrons. The summed E-state index contributed by atoms with van der Waals surface area (Å²) < 4.78 is 0. The van der Waals surface area contributed by atoms with Crippen molar-refractivity contribution in [3.63, 3.8) is 0 Å². The summed E-state index contributed by atoms with van der Waals surface area (Å²) in [6, 6.07) is 12.2. The van der Waals surface area contributed by atoms with E-state index in [9.17, 15) is 43.2 Å². The maximum Gasteiger partial charge on any atom is 0.245 e. The third-order valence-corrected chi connectivity index (χ3v) is 18.1. The van der Waals surface area contributed by atoms with E-state index in [1.807, 2.05) is 6.07 Å². The number of hydrogen-bond donors (Lipinski definition) is 19. The van der Waals surface area contributed by atoms with Gasteiger partial charge in [0.15, 0.2) is 23.8 Å². The van der Waals surface area contributed by atoms with Crippen molar-refractivity contribution in [2.75, 3.05) is 46.3 Å². The zero-order valence-corrected chi connectivity index (χ0v) is 64.2. The third-order valence-electron chi connectivity index (χ3n) is 18.1. The van der Waals surface area contributed by atoms with Gasteiger partial charge in [0, 0.05) is 66.0 Å². The van der Waals surface area contributed by atoms with Crippen LogP contribution < -0.4 is 105 Å². The second kappa shape index (κ2) is 48.7. The van der Waals surface area contributed by atoms with Gasteiger partial charge in [-0.25, -0.2) is 0 Å². The second-order valence-electron chi connectivity index (χ2n) is 27.7. The molecule has 37 nitrogen and oxygen atoms in total. The molecule has 0 saturated carbocycles. The summed E-state index contributed by atoms with van der Waals surface area (Å²) in [6.07, 6.45) is 1.82. The summed E-state index contributed by atoms with van der Waals surface area (Å²) >= 11 is 0. The Labute approximate surface area is 647 Å². The maximum absolute atomic E-state index is 15.2. The number of benzene rings is 3. The zero-order valence-electron chi connectivity index (χ0n) is 64.2. The van der Waals surface area contributed by atoms with E-state index < -0.39 is 137 Å². The van der Waals surface area contributed by atoms with E-state index in [-0.39, 0.29) is 152 Å². The van der Waals surface area contributed by atoms with Crippen molar-refractivity contribution in [2.24, 2.45) is 83.2 Å². The lowest BCUT2D eigenvalue weighted by molar-refractivity contribution is -0.143. The molecule has 1 heterocycles. The Hall–Kier alpha value is -11.7. The molecule has 12 amide bonds. The second-order valence-corrected chi connectivity index (χ2v) is 27.7. The molecule has 3 aromatic rings. The van der Waals surface area contributed by atoms with Gasteiger partial charge in [0.05, 0.1) is 0 Å². The highest BCUT2D eigenvalue weighted by Crippen LogP contribution is 2.22. The van der Waals surface area contributed by atoms with E-state index in [1.54, 1.807) is 98.8 Å². The van der Waals surface area contributed by atoms with Crippen molar-refractivity contribution < 1.29 is 57.5 Å². The van der Waals surface area contributed by atoms with E-state index in [1.165, 1.54) is 30.7 Å². The number of amides is 12. The van der Waals surface area contributed by atoms with Gasteiger partial charge in [0.25, 0.3) is 0 Å². The molecule has 3 aromatic carbocycles. The van der Waals surface area contributed by atoms with Crippen LogP contribution in [0.3, 0.4) is 0 Å². The number of likely N-dealkylation sites (tertiary alicyclic amines) is 1. The molecule has 610 valence electrons. The minimum atomic E-state index is -1.48. The Bertz CT molecular complexity index is 3650. The van der Waals surface area contributed by atoms with Gasteiger partial charge in [0.1, 0.15) is 66.5 Å². The molecule has 1 saturated heterocycles. The van der Waals surface area contributed by atoms with E-state index in [0.717, 1.165) is 5.56 Å². The molecular weight excluding hydrogens is 1430 g/mol. The van der Waals surface area contributed by atoms with Gasteiger partial charge < -0.3 is 115 Å². The fourth-order valence-corrected chi connectivity index (χ4v) is 12.4. The summed E-state index contributed by atoms with van der Waals surface area (Å²) in [5.74, 6) is -10.4. The van der Waals surface area contributed by atoms with Crippen LogP contribution in [0, 0.1) is 5.92 Å². The van der Waals surface area contributed by atoms with E-state index in [0.29, 0.717) is 36.9 Å². The van der Waals surface area contributed by atoms with Crippen molar-refractivity contribution in [2.45, 2.75) is 203 Å². The van der Waals surface area contributed by atoms with Crippen molar-refractivity contribution in [3.05, 3.63) is 108 Å². The molecule has 0 aromatic heterocycles. The molecule has 0 aliphatic carbocycles. The monoisotopic (exact) mass is 1550 g/mol. The fraction of sp³-hybridized carbons (Fsp3) is 0.541. The number of nitrogens with zero attached hydrogens (tertiary/aromatic N) is 6. The van der Waals surface area contributed by atoms with Crippen LogP contribution in [0.15, 0.2) is 111 Å². The van der Waals surface area contributed by atoms with Gasteiger partial charge in [-0.1, -0.05) is 105 Å². The van der Waals surface area contributed by atoms with Gasteiger partial charge in [-0.15, -0.1) is 0 Å². The summed E-state index contributed by atoms with van der Waals surface area (Å²) in [7, 11) is 1.40. The first-order valence-electron chi connectivity index (χ1n) is 37.4. The molecule has 4 rings (SSSR count). The average Bonchev–Trinajstić information content (AvgIpc) is 1.69. The summed E-state index contributed by atoms with van der Waals surface area (Å²) in [5, 5.41) is 24.6. The number of carbonyl (C=O) groups is 12. The number of rotatable bonds is 49. The van der Waals surface area contributed by atoms with Crippen molar-refractivity contribution in [1.82, 2.24) is 57.7 Å². The van der Waals surface area contributed by atoms with Gasteiger partial charge in [-0.05, 0) is 126 Å². The Morgan fingerprint density at radius 2 is 0.811 bits per heavy atom. The van der Waals surface area contributed by atoms with Crippen LogP contribution in [0.1, 0.15) is 134 Å². The molecule has 1 aliphatic heterocycles. The van der Waals surface area contributed by atoms with Crippen LogP contribution in [0.5, 0.6) is 0 Å². The minimum Gasteiger partial charge on any atom is -0.370 e. The fourth-order valence-electron chi connectivity index (χ4n) is 12.4. The average molecular weight is 1550 g/mol. The number of primary amides is 1. The molecule has 1 fully saturated rings. The number of aliphatic imine (C=N–C) groups is 4. The lowest BCUT2D eigenvalue weighted by atomic mass is 9.99. The number of likely N-dealkylation sites (N-methyl/N-ethyl adjacent to an activating group) is 1. The lowest BCUT2D eigenvalue weighted by Gasteiger charge is -2.33. The number of nitrogens with two attached hydrogens (primary N) is 10. The van der Waals surface area contributed by atoms with Gasteiger partial charge in [0.2, 0.25) is 70.9 Å². The van der Waals surface area contributed by atoms with Crippen LogP contribution >= 0.6 is 0 Å². The molecule has 111 heavy (non-hydrogen) atoms. The summed E-state index contributed by atoms with van der Waals surface area (Å²) in [5.41, 5.74) is 58.3. The quantitative estimate of drug-likeness (QED) is 0.0145. The summed E-state index contributed by atoms with van der Waals surface area (Å²) in [4.78, 5) is 190. The van der Waals surface area contributed by atoms with Crippen LogP contribution in [-0.2, 0) is 76.8 Å². The van der Waals surface area contributed by atoms with Crippen molar-refractivity contribution in [1.29, 1.82) is 0 Å². The number of nitrogens with one attached hydrogen (secondary N) is 9. The largest absolute Gasteiger partial charge is 0.370 e. The van der Waals surface area contributed by atoms with Gasteiger partial charge in [-0.3, -0.25) is 77.5 Å². The van der Waals surface area contributed by atoms with E-state index in [4.69, 9.17) is 57.3 Å². The molecule has 0 bridgehead atoms. The molecule has 1 aliphatic rings. The standard InChI is InChI=1S/C74H117N25O12/c1-44(2)40-55(96-64(105)53(31-19-37-87-73(81)82)94-68(109)59(43-49-26-13-8-14-27-49)98(5)69(110)57(42-48-24-11-7-12-25-48)97-66(107)56(90-46(4)100)41-47-22-9-6-10-23-47)65(106)93-52(30-18-36-86-72(79)80)63(104)92-51(29-17-35-85-71(77)78)62(103)89-45(3)61(102)95-54(32-20-38-88-74(83)84)70(111)99-39-21-33-58(99)67(108)91-50(60(76)101)28-15-16-34-75/h6-14,22-27,44-45,50-59H,15-21,28-43,75H2,1-5H3,(H2,76,101)(H,89,103)(H,90,100)(H,91,108)(H,92,104)(H,93,106)(H,94,109)(H,95,102)(H,96,105)(H,97,107)(H4,77,78,85)(H4,79,80,86)(H4,81,82,87)(H4,83,84,88)/t45-,50+,51+,52+,53+,54+,55+,56+,57+,58+,59+/m1/s1. The first kappa shape index (κ1) is 91.7. The molecular formula is C74H117N25O12. The predicted octanol–water partition coefficient (Wildman–Crippen LogP) is -4.19. The number of unbranched alkanes of at least 4 members (excludes halogenated alkanes) is 1. The molecule has 0 spiro atoms. The van der Waals surface area contributed by atoms with Crippen LogP contribution in [0.4, 0.5) is 0 Å². The maximum atomic E-state index is 15.2. The van der Waals surface area contributed by atoms with Crippen molar-refractivity contribution >= 4 is 94.7 Å². The van der Waals surface area contributed by atoms with Gasteiger partial charge in [-0.2, -0.15) is 0 Å². The Morgan fingerprint density at radius 1 is 0.432 bits per heavy atom. The number of carbonyl (C=O) groups excluding carboxylic acids is 12. The van der Waals surface area contributed by atoms with Gasteiger partial charge >= 0.3 is 0 Å². The van der Waals surface area contributed by atoms with E-state index >= 15 is 14.4 Å². The molecule has 37 heteroatoms. The SMILES string of the molecule is CC(=O)N[C@@H](Cc1ccccc1)C(=O)N[C@@H](Cc1ccccc1)C(=O)N(C)[C@@H](Cc1ccccc1)C(=O)N[C@@H](CCCN=C(N)N)C(=O)N[C@@H](CC(C)C)C(=O)N[C@@H](CCCN=C(N)N)C(=O)N[C@@H](CCCN=C(N)N)C(=O)N[C@H](C)C(=O)N[C@@H](CCCN=C(N)N)C(=O)N1CCC[C@H]1C(=O)N[C@@H](CCCCN)C(N)=O. The third kappa shape index (κ3) is 34.2. The Morgan fingerprint density at radius 3 is 1.24 bits per heavy atom. The molecule has 11 atom stereocenters. The number of guanidine groups is 4. The van der Waals surface area contributed by atoms with Crippen LogP contribution in [0.2, 0.25) is 0 Å². The molecule has 29 N–H and O–H groups in total. The first-order chi connectivity index (χ1) is 52.8. The topological polar surface area (TPSA) is 629 Å². The predicted molar refractivity (Wildman–Crippen MR) is 422 cm³/mol. The Kier molecular flexibility index (Phi) is 40.2. The van der Waals surface area contributed by atoms with Crippen LogP contribution in [0.25, 0.3) is 0 Å². The molecule has 0 unspecified atom stereocenters. The first-order valence-corrected chi connectivity index (χ1v) is 37.4. The van der Waals surface area contributed by atoms with Crippen LogP contribution in [-0.4, -0.2) is 217 Å². The minimum absolute atomic E-state index is 0.00364. The zero-order chi connectivity index (χ0) is 82.1. The normalized spacial score (nSPS) is 15.0. The Balaban J connectivity index is 1.68. The lowest BCUT2D eigenvalue weighted by Crippen LogP contribution is -2.61. The highest BCUT2D eigenvalue weighted by Gasteiger charge is 2.41. The smallest absolute Gasteiger partial charge is 0.245 e.